The number of halogens is 5. The number of rotatable bonds is 4. The number of aromatic nitrogens is 2. The lowest BCUT2D eigenvalue weighted by Gasteiger charge is -2.10. The lowest BCUT2D eigenvalue weighted by Crippen LogP contribution is -2.17. The largest absolute Gasteiger partial charge is 0.338 e. The Hall–Kier alpha value is -3.56. The minimum absolute atomic E-state index is 0.00826. The van der Waals surface area contributed by atoms with Gasteiger partial charge in [0.1, 0.15) is 29.0 Å². The molecule has 0 saturated carbocycles. The predicted molar refractivity (Wildman–Crippen MR) is 90.7 cm³/mol. The van der Waals surface area contributed by atoms with Crippen molar-refractivity contribution in [2.45, 2.75) is 6.92 Å². The van der Waals surface area contributed by atoms with Crippen molar-refractivity contribution < 1.29 is 26.7 Å². The molecule has 0 atom stereocenters. The van der Waals surface area contributed by atoms with E-state index < -0.39 is 40.7 Å². The number of anilines is 3. The molecule has 3 aromatic rings. The second-order valence-electron chi connectivity index (χ2n) is 5.61. The summed E-state index contributed by atoms with van der Waals surface area (Å²) < 4.78 is 66.7. The van der Waals surface area contributed by atoms with E-state index in [1.165, 1.54) is 6.92 Å². The van der Waals surface area contributed by atoms with Gasteiger partial charge in [0.2, 0.25) is 0 Å². The van der Waals surface area contributed by atoms with Gasteiger partial charge in [-0.25, -0.2) is 31.9 Å². The first-order valence-electron chi connectivity index (χ1n) is 7.77. The van der Waals surface area contributed by atoms with Crippen LogP contribution in [0.15, 0.2) is 36.4 Å². The van der Waals surface area contributed by atoms with Crippen LogP contribution in [0, 0.1) is 36.0 Å². The number of hydrogen-bond donors (Lipinski definition) is 2. The van der Waals surface area contributed by atoms with Gasteiger partial charge in [0.15, 0.2) is 17.5 Å². The molecule has 144 valence electrons. The van der Waals surface area contributed by atoms with Crippen molar-refractivity contribution in [2.75, 3.05) is 10.6 Å². The van der Waals surface area contributed by atoms with E-state index in [2.05, 4.69) is 20.6 Å². The second-order valence-corrected chi connectivity index (χ2v) is 5.61. The zero-order valence-corrected chi connectivity index (χ0v) is 14.2. The van der Waals surface area contributed by atoms with Crippen molar-refractivity contribution in [3.05, 3.63) is 77.0 Å². The SMILES string of the molecule is Cc1nc(Nc2ccc(F)cc2F)cc(C(=O)Nc2ccc(F)c(F)c2F)n1. The first-order chi connectivity index (χ1) is 13.2. The number of benzene rings is 2. The second kappa shape index (κ2) is 7.59. The molecule has 28 heavy (non-hydrogen) atoms. The van der Waals surface area contributed by atoms with E-state index in [0.29, 0.717) is 12.1 Å². The maximum Gasteiger partial charge on any atom is 0.274 e. The molecule has 2 aromatic carbocycles. The molecule has 3 rings (SSSR count). The molecule has 10 heteroatoms. The molecule has 0 spiro atoms. The van der Waals surface area contributed by atoms with Crippen LogP contribution in [-0.4, -0.2) is 15.9 Å². The van der Waals surface area contributed by atoms with Crippen molar-refractivity contribution in [2.24, 2.45) is 0 Å². The summed E-state index contributed by atoms with van der Waals surface area (Å²) in [4.78, 5) is 20.1. The number of carbonyl (C=O) groups excluding carboxylic acids is 1. The van der Waals surface area contributed by atoms with Gasteiger partial charge in [0.05, 0.1) is 11.4 Å². The van der Waals surface area contributed by atoms with E-state index >= 15 is 0 Å². The summed E-state index contributed by atoms with van der Waals surface area (Å²) in [5.41, 5.74) is -0.932. The van der Waals surface area contributed by atoms with Crippen molar-refractivity contribution >= 4 is 23.1 Å². The molecule has 1 aromatic heterocycles. The van der Waals surface area contributed by atoms with Crippen molar-refractivity contribution in [3.63, 3.8) is 0 Å². The monoisotopic (exact) mass is 394 g/mol. The van der Waals surface area contributed by atoms with Crippen LogP contribution in [0.5, 0.6) is 0 Å². The molecule has 0 unspecified atom stereocenters. The van der Waals surface area contributed by atoms with Crippen LogP contribution in [0.25, 0.3) is 0 Å². The van der Waals surface area contributed by atoms with Gasteiger partial charge < -0.3 is 10.6 Å². The number of nitrogens with zero attached hydrogens (tertiary/aromatic N) is 2. The maximum atomic E-state index is 13.8. The zero-order chi connectivity index (χ0) is 20.4. The highest BCUT2D eigenvalue weighted by Crippen LogP contribution is 2.22. The molecule has 0 aliphatic carbocycles. The fourth-order valence-corrected chi connectivity index (χ4v) is 2.29. The van der Waals surface area contributed by atoms with Crippen LogP contribution in [0.3, 0.4) is 0 Å². The van der Waals surface area contributed by atoms with Gasteiger partial charge in [-0.05, 0) is 31.2 Å². The van der Waals surface area contributed by atoms with Gasteiger partial charge in [0, 0.05) is 12.1 Å². The van der Waals surface area contributed by atoms with Gasteiger partial charge in [-0.3, -0.25) is 4.79 Å². The zero-order valence-electron chi connectivity index (χ0n) is 14.2. The molecule has 0 fully saturated rings. The Labute approximate surface area is 155 Å². The summed E-state index contributed by atoms with van der Waals surface area (Å²) in [6, 6.07) is 5.46. The third-order valence-corrected chi connectivity index (χ3v) is 3.55. The van der Waals surface area contributed by atoms with E-state index in [0.717, 1.165) is 24.3 Å². The molecule has 0 saturated heterocycles. The van der Waals surface area contributed by atoms with Crippen molar-refractivity contribution in [1.82, 2.24) is 9.97 Å². The van der Waals surface area contributed by atoms with E-state index in [-0.39, 0.29) is 23.0 Å². The highest BCUT2D eigenvalue weighted by molar-refractivity contribution is 6.03. The van der Waals surface area contributed by atoms with Crippen LogP contribution >= 0.6 is 0 Å². The molecular formula is C18H11F5N4O. The van der Waals surface area contributed by atoms with Crippen LogP contribution in [0.4, 0.5) is 39.1 Å². The lowest BCUT2D eigenvalue weighted by atomic mass is 10.2. The van der Waals surface area contributed by atoms with Crippen LogP contribution < -0.4 is 10.6 Å². The van der Waals surface area contributed by atoms with Crippen LogP contribution in [-0.2, 0) is 0 Å². The Morgan fingerprint density at radius 1 is 0.857 bits per heavy atom. The number of amides is 1. The van der Waals surface area contributed by atoms with E-state index in [1.807, 2.05) is 0 Å². The molecule has 0 aliphatic rings. The summed E-state index contributed by atoms with van der Waals surface area (Å²) in [6.07, 6.45) is 0. The quantitative estimate of drug-likeness (QED) is 0.506. The number of aryl methyl sites for hydroxylation is 1. The van der Waals surface area contributed by atoms with Gasteiger partial charge >= 0.3 is 0 Å². The molecule has 1 amide bonds. The smallest absolute Gasteiger partial charge is 0.274 e. The Bertz CT molecular complexity index is 1070. The summed E-state index contributed by atoms with van der Waals surface area (Å²) >= 11 is 0. The molecule has 0 aliphatic heterocycles. The molecule has 0 bridgehead atoms. The minimum atomic E-state index is -1.73. The lowest BCUT2D eigenvalue weighted by molar-refractivity contribution is 0.102. The van der Waals surface area contributed by atoms with Gasteiger partial charge in [-0.15, -0.1) is 0 Å². The molecule has 2 N–H and O–H groups in total. The van der Waals surface area contributed by atoms with Gasteiger partial charge in [-0.2, -0.15) is 0 Å². The van der Waals surface area contributed by atoms with Crippen LogP contribution in [0.2, 0.25) is 0 Å². The minimum Gasteiger partial charge on any atom is -0.338 e. The summed E-state index contributed by atoms with van der Waals surface area (Å²) in [5, 5.41) is 4.64. The molecule has 0 radical (unpaired) electrons. The maximum absolute atomic E-state index is 13.8. The number of nitrogens with one attached hydrogen (secondary N) is 2. The third kappa shape index (κ3) is 4.05. The van der Waals surface area contributed by atoms with E-state index in [4.69, 9.17) is 0 Å². The van der Waals surface area contributed by atoms with Gasteiger partial charge in [0.25, 0.3) is 5.91 Å². The van der Waals surface area contributed by atoms with E-state index in [1.54, 1.807) is 0 Å². The Morgan fingerprint density at radius 3 is 2.29 bits per heavy atom. The number of carbonyl (C=O) groups is 1. The average Bonchev–Trinajstić information content (AvgIpc) is 2.64. The molecular weight excluding hydrogens is 383 g/mol. The van der Waals surface area contributed by atoms with Crippen molar-refractivity contribution in [1.29, 1.82) is 0 Å². The first kappa shape index (κ1) is 19.2. The standard InChI is InChI=1S/C18H11F5N4O/c1-8-24-14(18(28)27-13-5-3-10(20)16(22)17(13)23)7-15(25-8)26-12-4-2-9(19)6-11(12)21/h2-7H,1H3,(H,27,28)(H,24,25,26). The Balaban J connectivity index is 1.86. The average molecular weight is 394 g/mol. The predicted octanol–water partition coefficient (Wildman–Crippen LogP) is 4.48. The highest BCUT2D eigenvalue weighted by atomic mass is 19.2. The van der Waals surface area contributed by atoms with Crippen molar-refractivity contribution in [3.8, 4) is 0 Å². The summed E-state index contributed by atoms with van der Waals surface area (Å²) in [7, 11) is 0. The fraction of sp³-hybridized carbons (Fsp3) is 0.0556. The Kier molecular flexibility index (Phi) is 5.21. The summed E-state index contributed by atoms with van der Waals surface area (Å²) in [5.74, 6) is -7.16. The Morgan fingerprint density at radius 2 is 1.57 bits per heavy atom. The van der Waals surface area contributed by atoms with Gasteiger partial charge in [-0.1, -0.05) is 0 Å². The number of hydrogen-bond acceptors (Lipinski definition) is 4. The first-order valence-corrected chi connectivity index (χ1v) is 7.77. The van der Waals surface area contributed by atoms with Crippen LogP contribution in [0.1, 0.15) is 16.3 Å². The van der Waals surface area contributed by atoms with E-state index in [9.17, 15) is 26.7 Å². The third-order valence-electron chi connectivity index (χ3n) is 3.55. The topological polar surface area (TPSA) is 66.9 Å². The molecule has 5 nitrogen and oxygen atoms in total. The molecule has 1 heterocycles. The fourth-order valence-electron chi connectivity index (χ4n) is 2.29. The highest BCUT2D eigenvalue weighted by Gasteiger charge is 2.18. The normalized spacial score (nSPS) is 10.6. The summed E-state index contributed by atoms with van der Waals surface area (Å²) in [6.45, 7) is 1.45.